The highest BCUT2D eigenvalue weighted by Gasteiger charge is 2.70. The molecule has 0 spiro atoms. The van der Waals surface area contributed by atoms with E-state index in [9.17, 15) is 19.8 Å². The number of rotatable bonds is 2. The van der Waals surface area contributed by atoms with E-state index in [0.29, 0.717) is 25.4 Å². The maximum absolute atomic E-state index is 12.3. The van der Waals surface area contributed by atoms with Crippen molar-refractivity contribution < 1.29 is 29.3 Å². The summed E-state index contributed by atoms with van der Waals surface area (Å²) in [5, 5.41) is 22.6. The highest BCUT2D eigenvalue weighted by Crippen LogP contribution is 2.70. The fourth-order valence-electron chi connectivity index (χ4n) is 8.78. The van der Waals surface area contributed by atoms with E-state index in [1.54, 1.807) is 6.08 Å². The van der Waals surface area contributed by atoms with E-state index in [1.165, 1.54) is 6.92 Å². The third-order valence-corrected chi connectivity index (χ3v) is 10.2. The normalized spacial score (nSPS) is 51.3. The first kappa shape index (κ1) is 21.4. The van der Waals surface area contributed by atoms with Gasteiger partial charge in [0.05, 0.1) is 11.7 Å². The first-order valence-electron chi connectivity index (χ1n) is 12.0. The van der Waals surface area contributed by atoms with Crippen LogP contribution in [0.3, 0.4) is 0 Å². The Morgan fingerprint density at radius 2 is 1.97 bits per heavy atom. The standard InChI is InChI=1S/C25H36O6/c1-14(26)31-20-12-24(3)18(15-10-21(28)30-13-15)7-9-25(24,29)19-5-4-16-11-17(27)6-8-23(16,2)22(19)20/h10,16-20,22,27,29H,4-9,11-13H2,1-3H3/t16-,17+,18?,19?,20-,22?,23+,24-,25+/m1/s1. The topological polar surface area (TPSA) is 93.1 Å². The number of cyclic esters (lactones) is 1. The average molecular weight is 433 g/mol. The molecule has 0 saturated heterocycles. The summed E-state index contributed by atoms with van der Waals surface area (Å²) in [7, 11) is 0. The molecule has 172 valence electrons. The average Bonchev–Trinajstić information content (AvgIpc) is 3.22. The lowest BCUT2D eigenvalue weighted by atomic mass is 9.42. The Morgan fingerprint density at radius 3 is 2.65 bits per heavy atom. The van der Waals surface area contributed by atoms with Crippen molar-refractivity contribution in [3.63, 3.8) is 0 Å². The molecule has 5 aliphatic rings. The molecule has 31 heavy (non-hydrogen) atoms. The molecule has 9 atom stereocenters. The predicted octanol–water partition coefficient (Wildman–Crippen LogP) is 3.15. The number of hydrogen-bond acceptors (Lipinski definition) is 6. The maximum atomic E-state index is 12.3. The zero-order chi connectivity index (χ0) is 22.2. The van der Waals surface area contributed by atoms with Gasteiger partial charge in [-0.15, -0.1) is 0 Å². The zero-order valence-electron chi connectivity index (χ0n) is 18.9. The lowest BCUT2D eigenvalue weighted by Gasteiger charge is -2.65. The van der Waals surface area contributed by atoms with Crippen LogP contribution in [0.25, 0.3) is 0 Å². The van der Waals surface area contributed by atoms with Gasteiger partial charge in [0, 0.05) is 24.3 Å². The summed E-state index contributed by atoms with van der Waals surface area (Å²) < 4.78 is 11.2. The molecule has 3 unspecified atom stereocenters. The summed E-state index contributed by atoms with van der Waals surface area (Å²) in [5.74, 6) is 0.0251. The quantitative estimate of drug-likeness (QED) is 0.651. The molecule has 6 heteroatoms. The number of carbonyl (C=O) groups excluding carboxylic acids is 2. The monoisotopic (exact) mass is 432 g/mol. The van der Waals surface area contributed by atoms with E-state index in [2.05, 4.69) is 13.8 Å². The van der Waals surface area contributed by atoms with Crippen LogP contribution in [0.15, 0.2) is 11.6 Å². The van der Waals surface area contributed by atoms with E-state index in [4.69, 9.17) is 9.47 Å². The van der Waals surface area contributed by atoms with Gasteiger partial charge in [0.1, 0.15) is 12.7 Å². The van der Waals surface area contributed by atoms with E-state index >= 15 is 0 Å². The number of aliphatic hydroxyl groups is 2. The molecule has 0 radical (unpaired) electrons. The Morgan fingerprint density at radius 1 is 1.19 bits per heavy atom. The fraction of sp³-hybridized carbons (Fsp3) is 0.840. The number of esters is 2. The number of ether oxygens (including phenoxy) is 2. The van der Waals surface area contributed by atoms with Crippen LogP contribution in [-0.4, -0.2) is 46.6 Å². The molecule has 0 amide bonds. The molecular formula is C25H36O6. The zero-order valence-corrected chi connectivity index (χ0v) is 18.9. The van der Waals surface area contributed by atoms with E-state index in [0.717, 1.165) is 44.1 Å². The summed E-state index contributed by atoms with van der Waals surface area (Å²) in [6.07, 6.45) is 7.60. The van der Waals surface area contributed by atoms with Crippen molar-refractivity contribution in [1.29, 1.82) is 0 Å². The van der Waals surface area contributed by atoms with Gasteiger partial charge in [-0.05, 0) is 80.1 Å². The van der Waals surface area contributed by atoms with Crippen molar-refractivity contribution in [2.24, 2.45) is 34.5 Å². The summed E-state index contributed by atoms with van der Waals surface area (Å²) in [5.41, 5.74) is -0.395. The van der Waals surface area contributed by atoms with Crippen LogP contribution in [0.1, 0.15) is 72.1 Å². The van der Waals surface area contributed by atoms with Gasteiger partial charge in [-0.25, -0.2) is 4.79 Å². The lowest BCUT2D eigenvalue weighted by molar-refractivity contribution is -0.248. The van der Waals surface area contributed by atoms with Crippen molar-refractivity contribution in [1.82, 2.24) is 0 Å². The number of carbonyl (C=O) groups is 2. The summed E-state index contributed by atoms with van der Waals surface area (Å²) in [6, 6.07) is 0. The molecule has 1 heterocycles. The highest BCUT2D eigenvalue weighted by atomic mass is 16.5. The second-order valence-corrected chi connectivity index (χ2v) is 11.5. The maximum Gasteiger partial charge on any atom is 0.331 e. The van der Waals surface area contributed by atoms with Gasteiger partial charge in [-0.3, -0.25) is 4.79 Å². The van der Waals surface area contributed by atoms with Gasteiger partial charge in [0.2, 0.25) is 0 Å². The SMILES string of the molecule is CC(=O)O[C@@H]1C[C@]2(C)C(C3=CC(=O)OC3)CC[C@]2(O)C2CC[C@@H]3C[C@@H](O)CC[C@]3(C)C21. The first-order chi connectivity index (χ1) is 14.6. The molecule has 4 saturated carbocycles. The molecule has 0 bridgehead atoms. The second kappa shape index (κ2) is 7.05. The number of hydrogen-bond donors (Lipinski definition) is 2. The van der Waals surface area contributed by atoms with Crippen LogP contribution < -0.4 is 0 Å². The Bertz CT molecular complexity index is 821. The largest absolute Gasteiger partial charge is 0.462 e. The van der Waals surface area contributed by atoms with E-state index in [1.807, 2.05) is 0 Å². The molecule has 4 fully saturated rings. The van der Waals surface area contributed by atoms with Crippen molar-refractivity contribution in [3.05, 3.63) is 11.6 Å². The van der Waals surface area contributed by atoms with Crippen molar-refractivity contribution in [2.45, 2.75) is 89.9 Å². The molecule has 0 aromatic rings. The molecule has 4 aliphatic carbocycles. The van der Waals surface area contributed by atoms with Gasteiger partial charge in [-0.2, -0.15) is 0 Å². The Hall–Kier alpha value is -1.40. The van der Waals surface area contributed by atoms with Crippen molar-refractivity contribution in [2.75, 3.05) is 6.61 Å². The molecule has 6 nitrogen and oxygen atoms in total. The molecule has 0 aromatic heterocycles. The van der Waals surface area contributed by atoms with Gasteiger partial charge in [-0.1, -0.05) is 13.8 Å². The molecule has 1 aliphatic heterocycles. The number of aliphatic hydroxyl groups excluding tert-OH is 1. The lowest BCUT2D eigenvalue weighted by Crippen LogP contribution is -2.67. The molecular weight excluding hydrogens is 396 g/mol. The van der Waals surface area contributed by atoms with E-state index < -0.39 is 11.0 Å². The third-order valence-electron chi connectivity index (χ3n) is 10.2. The highest BCUT2D eigenvalue weighted by molar-refractivity contribution is 5.85. The molecule has 5 rings (SSSR count). The van der Waals surface area contributed by atoms with Crippen molar-refractivity contribution in [3.8, 4) is 0 Å². The van der Waals surface area contributed by atoms with Crippen LogP contribution in [0.4, 0.5) is 0 Å². The van der Waals surface area contributed by atoms with Crippen LogP contribution in [-0.2, 0) is 19.1 Å². The van der Waals surface area contributed by atoms with E-state index in [-0.39, 0.29) is 47.3 Å². The Balaban J connectivity index is 1.56. The smallest absolute Gasteiger partial charge is 0.331 e. The first-order valence-corrected chi connectivity index (χ1v) is 12.0. The minimum atomic E-state index is -0.852. The van der Waals surface area contributed by atoms with Gasteiger partial charge in [0.15, 0.2) is 0 Å². The van der Waals surface area contributed by atoms with Gasteiger partial charge >= 0.3 is 11.9 Å². The van der Waals surface area contributed by atoms with Crippen LogP contribution in [0.5, 0.6) is 0 Å². The Kier molecular flexibility index (Phi) is 4.88. The number of fused-ring (bicyclic) bond motifs is 5. The molecule has 2 N–H and O–H groups in total. The van der Waals surface area contributed by atoms with Crippen LogP contribution >= 0.6 is 0 Å². The third kappa shape index (κ3) is 2.97. The summed E-state index contributed by atoms with van der Waals surface area (Å²) in [6.45, 7) is 6.23. The van der Waals surface area contributed by atoms with Crippen LogP contribution in [0, 0.1) is 34.5 Å². The van der Waals surface area contributed by atoms with Crippen LogP contribution in [0.2, 0.25) is 0 Å². The van der Waals surface area contributed by atoms with Gasteiger partial charge < -0.3 is 19.7 Å². The summed E-state index contributed by atoms with van der Waals surface area (Å²) in [4.78, 5) is 23.9. The Labute approximate surface area is 184 Å². The summed E-state index contributed by atoms with van der Waals surface area (Å²) >= 11 is 0. The van der Waals surface area contributed by atoms with Gasteiger partial charge in [0.25, 0.3) is 0 Å². The fourth-order valence-corrected chi connectivity index (χ4v) is 8.78. The minimum Gasteiger partial charge on any atom is -0.462 e. The second-order valence-electron chi connectivity index (χ2n) is 11.5. The minimum absolute atomic E-state index is 0.0516. The predicted molar refractivity (Wildman–Crippen MR) is 113 cm³/mol. The van der Waals surface area contributed by atoms with Crippen molar-refractivity contribution >= 4 is 11.9 Å². The molecule has 0 aromatic carbocycles.